The topological polar surface area (TPSA) is 126 Å². The largest absolute Gasteiger partial charge is 0.479 e. The predicted octanol–water partition coefficient (Wildman–Crippen LogP) is 3.17. The molecule has 3 rings (SSSR count). The van der Waals surface area contributed by atoms with Gasteiger partial charge in [-0.2, -0.15) is 13.2 Å². The Morgan fingerprint density at radius 3 is 2.26 bits per heavy atom. The Morgan fingerprint density at radius 2 is 1.71 bits per heavy atom. The van der Waals surface area contributed by atoms with Gasteiger partial charge in [0.25, 0.3) is 5.56 Å². The molecule has 0 amide bonds. The highest BCUT2D eigenvalue weighted by molar-refractivity contribution is 6.32. The molecule has 1 heterocycles. The quantitative estimate of drug-likeness (QED) is 0.391. The van der Waals surface area contributed by atoms with Crippen LogP contribution in [0.1, 0.15) is 12.6 Å². The van der Waals surface area contributed by atoms with Crippen molar-refractivity contribution in [2.24, 2.45) is 0 Å². The number of nitrogens with zero attached hydrogens (tertiary/aromatic N) is 2. The van der Waals surface area contributed by atoms with E-state index in [9.17, 15) is 31.9 Å². The fourth-order valence-electron chi connectivity index (χ4n) is 2.73. The number of hydrogen-bond acceptors (Lipinski definition) is 6. The van der Waals surface area contributed by atoms with Crippen LogP contribution in [0.25, 0.3) is 5.69 Å². The highest BCUT2D eigenvalue weighted by atomic mass is 35.5. The van der Waals surface area contributed by atoms with Gasteiger partial charge in [0.1, 0.15) is 23.1 Å². The second-order valence-electron chi connectivity index (χ2n) is 6.76. The molecule has 0 fully saturated rings. The molecule has 0 bridgehead atoms. The molecule has 0 saturated carbocycles. The average molecular weight is 504 g/mol. The van der Waals surface area contributed by atoms with Crippen LogP contribution in [0.4, 0.5) is 17.6 Å². The normalized spacial score (nSPS) is 12.3. The molecule has 0 spiro atoms. The summed E-state index contributed by atoms with van der Waals surface area (Å²) in [4.78, 5) is 35.4. The van der Waals surface area contributed by atoms with E-state index in [0.29, 0.717) is 6.07 Å². The molecule has 0 aliphatic carbocycles. The van der Waals surface area contributed by atoms with E-state index in [-0.39, 0.29) is 37.6 Å². The summed E-state index contributed by atoms with van der Waals surface area (Å²) in [7, 11) is 0. The van der Waals surface area contributed by atoms with Gasteiger partial charge in [-0.15, -0.1) is 0 Å². The summed E-state index contributed by atoms with van der Waals surface area (Å²) in [6, 6.07) is 7.06. The second-order valence-corrected chi connectivity index (χ2v) is 7.17. The van der Waals surface area contributed by atoms with E-state index in [1.165, 1.54) is 31.2 Å². The Morgan fingerprint density at radius 1 is 1.12 bits per heavy atom. The molecule has 2 aromatic carbocycles. The third-order valence-electron chi connectivity index (χ3n) is 4.38. The molecule has 180 valence electrons. The minimum atomic E-state index is -5.10. The standard InChI is InChI=1S/C20H14ClF4N3O6/c1-9(18(30)31)33-10-2-4-11(5-3-10)34-15-7-14(13(22)6-12(15)21)27-17(29)8-16(20(23,24)25)28(26)19(27)32/h2-9H,26H2,1H3,(H,30,31). The van der Waals surface area contributed by atoms with E-state index in [0.717, 1.165) is 6.07 Å². The van der Waals surface area contributed by atoms with Gasteiger partial charge in [-0.05, 0) is 37.3 Å². The highest BCUT2D eigenvalue weighted by Crippen LogP contribution is 2.33. The molecule has 1 unspecified atom stereocenters. The fraction of sp³-hybridized carbons (Fsp3) is 0.150. The molecule has 1 atom stereocenters. The number of carboxylic acid groups (broad SMARTS) is 1. The summed E-state index contributed by atoms with van der Waals surface area (Å²) in [5, 5.41) is 8.59. The molecule has 0 aliphatic heterocycles. The zero-order valence-corrected chi connectivity index (χ0v) is 17.7. The number of halogens is 5. The predicted molar refractivity (Wildman–Crippen MR) is 111 cm³/mol. The number of hydrogen-bond donors (Lipinski definition) is 2. The third kappa shape index (κ3) is 4.98. The Bertz CT molecular complexity index is 1370. The lowest BCUT2D eigenvalue weighted by molar-refractivity contribution is -0.144. The summed E-state index contributed by atoms with van der Waals surface area (Å²) >= 11 is 5.97. The highest BCUT2D eigenvalue weighted by Gasteiger charge is 2.36. The van der Waals surface area contributed by atoms with Crippen LogP contribution in [0, 0.1) is 5.82 Å². The van der Waals surface area contributed by atoms with Crippen molar-refractivity contribution in [2.75, 3.05) is 5.84 Å². The van der Waals surface area contributed by atoms with E-state index in [1.807, 2.05) is 0 Å². The van der Waals surface area contributed by atoms with Crippen molar-refractivity contribution in [3.8, 4) is 22.9 Å². The molecule has 14 heteroatoms. The minimum Gasteiger partial charge on any atom is -0.479 e. The fourth-order valence-corrected chi connectivity index (χ4v) is 2.92. The van der Waals surface area contributed by atoms with Crippen molar-refractivity contribution in [1.82, 2.24) is 9.24 Å². The van der Waals surface area contributed by atoms with E-state index < -0.39 is 46.7 Å². The smallest absolute Gasteiger partial charge is 0.433 e. The number of ether oxygens (including phenoxy) is 2. The molecule has 3 aromatic rings. The number of nitrogens with two attached hydrogens (primary N) is 1. The number of alkyl halides is 3. The van der Waals surface area contributed by atoms with Crippen LogP contribution in [-0.2, 0) is 11.0 Å². The first kappa shape index (κ1) is 24.6. The van der Waals surface area contributed by atoms with Crippen LogP contribution in [0.15, 0.2) is 52.1 Å². The van der Waals surface area contributed by atoms with Crippen LogP contribution in [0.3, 0.4) is 0 Å². The van der Waals surface area contributed by atoms with Gasteiger partial charge in [-0.1, -0.05) is 11.6 Å². The van der Waals surface area contributed by atoms with Crippen LogP contribution in [0.2, 0.25) is 5.02 Å². The molecule has 34 heavy (non-hydrogen) atoms. The Kier molecular flexibility index (Phi) is 6.59. The van der Waals surface area contributed by atoms with Crippen LogP contribution < -0.4 is 26.6 Å². The van der Waals surface area contributed by atoms with Gasteiger partial charge in [-0.3, -0.25) is 4.79 Å². The maximum Gasteiger partial charge on any atom is 0.433 e. The lowest BCUT2D eigenvalue weighted by Gasteiger charge is -2.15. The van der Waals surface area contributed by atoms with E-state index >= 15 is 0 Å². The summed E-state index contributed by atoms with van der Waals surface area (Å²) in [6.45, 7) is 1.32. The van der Waals surface area contributed by atoms with Gasteiger partial charge in [0, 0.05) is 12.1 Å². The summed E-state index contributed by atoms with van der Waals surface area (Å²) < 4.78 is 63.9. The molecular weight excluding hydrogens is 490 g/mol. The Balaban J connectivity index is 2.00. The maximum atomic E-state index is 14.5. The number of rotatable bonds is 6. The SMILES string of the molecule is CC(Oc1ccc(Oc2cc(-n3c(=O)cc(C(F)(F)F)n(N)c3=O)c(F)cc2Cl)cc1)C(=O)O. The van der Waals surface area contributed by atoms with E-state index in [1.54, 1.807) is 0 Å². The Hall–Kier alpha value is -4.00. The number of benzene rings is 2. The van der Waals surface area contributed by atoms with Crippen molar-refractivity contribution in [3.63, 3.8) is 0 Å². The monoisotopic (exact) mass is 503 g/mol. The zero-order chi connectivity index (χ0) is 25.4. The van der Waals surface area contributed by atoms with Crippen molar-refractivity contribution >= 4 is 17.6 Å². The van der Waals surface area contributed by atoms with Crippen LogP contribution >= 0.6 is 11.6 Å². The van der Waals surface area contributed by atoms with Gasteiger partial charge in [-0.25, -0.2) is 23.2 Å². The number of aliphatic carboxylic acids is 1. The summed E-state index contributed by atoms with van der Waals surface area (Å²) in [5.74, 6) is 2.86. The van der Waals surface area contributed by atoms with Gasteiger partial charge in [0.15, 0.2) is 11.8 Å². The van der Waals surface area contributed by atoms with E-state index in [4.69, 9.17) is 32.0 Å². The number of carbonyl (C=O) groups is 1. The molecule has 3 N–H and O–H groups in total. The first-order chi connectivity index (χ1) is 15.8. The van der Waals surface area contributed by atoms with Gasteiger partial charge < -0.3 is 20.4 Å². The van der Waals surface area contributed by atoms with Gasteiger partial charge in [0.05, 0.1) is 10.7 Å². The van der Waals surface area contributed by atoms with Crippen molar-refractivity contribution in [3.05, 3.63) is 79.8 Å². The lowest BCUT2D eigenvalue weighted by atomic mass is 10.2. The Labute approximate surface area is 192 Å². The molecule has 1 aromatic heterocycles. The molecule has 0 radical (unpaired) electrons. The van der Waals surface area contributed by atoms with Gasteiger partial charge >= 0.3 is 17.8 Å². The van der Waals surface area contributed by atoms with E-state index in [2.05, 4.69) is 0 Å². The number of carboxylic acids is 1. The summed E-state index contributed by atoms with van der Waals surface area (Å²) in [5.41, 5.74) is -5.61. The lowest BCUT2D eigenvalue weighted by Crippen LogP contribution is -2.45. The number of nitrogen functional groups attached to an aromatic ring is 1. The van der Waals surface area contributed by atoms with Crippen molar-refractivity contribution in [2.45, 2.75) is 19.2 Å². The zero-order valence-electron chi connectivity index (χ0n) is 17.0. The minimum absolute atomic E-state index is 0.0484. The van der Waals surface area contributed by atoms with Crippen molar-refractivity contribution < 1.29 is 36.9 Å². The van der Waals surface area contributed by atoms with Crippen molar-refractivity contribution in [1.29, 1.82) is 0 Å². The number of aromatic nitrogens is 2. The third-order valence-corrected chi connectivity index (χ3v) is 4.68. The average Bonchev–Trinajstić information content (AvgIpc) is 2.74. The molecule has 0 saturated heterocycles. The molecular formula is C20H14ClF4N3O6. The molecule has 9 nitrogen and oxygen atoms in total. The van der Waals surface area contributed by atoms with Gasteiger partial charge in [0.2, 0.25) is 0 Å². The van der Waals surface area contributed by atoms with Crippen LogP contribution in [-0.4, -0.2) is 26.4 Å². The first-order valence-electron chi connectivity index (χ1n) is 9.17. The van der Waals surface area contributed by atoms with Crippen LogP contribution in [0.5, 0.6) is 17.2 Å². The summed E-state index contributed by atoms with van der Waals surface area (Å²) in [6.07, 6.45) is -6.22. The second kappa shape index (κ2) is 9.09. The maximum absolute atomic E-state index is 14.5. The molecule has 0 aliphatic rings. The first-order valence-corrected chi connectivity index (χ1v) is 9.55.